The van der Waals surface area contributed by atoms with Crippen LogP contribution in [0.1, 0.15) is 28.8 Å². The number of carbonyl (C=O) groups excluding carboxylic acids is 2. The number of hydrogen-bond acceptors (Lipinski definition) is 5. The maximum atomic E-state index is 12.5. The first-order chi connectivity index (χ1) is 14.1. The second kappa shape index (κ2) is 8.43. The van der Waals surface area contributed by atoms with E-state index in [-0.39, 0.29) is 31.3 Å². The van der Waals surface area contributed by atoms with Gasteiger partial charge in [-0.3, -0.25) is 9.59 Å². The van der Waals surface area contributed by atoms with Gasteiger partial charge in [0.2, 0.25) is 6.79 Å². The highest BCUT2D eigenvalue weighted by atomic mass is 16.7. The van der Waals surface area contributed by atoms with Gasteiger partial charge < -0.3 is 24.4 Å². The van der Waals surface area contributed by atoms with Crippen LogP contribution in [0.15, 0.2) is 42.5 Å². The van der Waals surface area contributed by atoms with Crippen molar-refractivity contribution < 1.29 is 23.8 Å². The molecule has 7 heteroatoms. The topological polar surface area (TPSA) is 77.1 Å². The fraction of sp³-hybridized carbons (Fsp3) is 0.364. The highest BCUT2D eigenvalue weighted by molar-refractivity contribution is 5.95. The molecule has 2 heterocycles. The molecule has 1 N–H and O–H groups in total. The lowest BCUT2D eigenvalue weighted by atomic mass is 10.0. The number of aryl methyl sites for hydroxylation is 1. The Labute approximate surface area is 169 Å². The summed E-state index contributed by atoms with van der Waals surface area (Å²) in [5.41, 5.74) is 1.69. The van der Waals surface area contributed by atoms with Crippen LogP contribution < -0.4 is 19.5 Å². The molecule has 4 rings (SSSR count). The lowest BCUT2D eigenvalue weighted by Crippen LogP contribution is -2.47. The first-order valence-electron chi connectivity index (χ1n) is 9.76. The largest absolute Gasteiger partial charge is 0.484 e. The van der Waals surface area contributed by atoms with Crippen LogP contribution >= 0.6 is 0 Å². The molecule has 1 fully saturated rings. The quantitative estimate of drug-likeness (QED) is 0.840. The molecule has 152 valence electrons. The van der Waals surface area contributed by atoms with E-state index in [4.69, 9.17) is 14.2 Å². The Balaban J connectivity index is 1.23. The average molecular weight is 396 g/mol. The number of piperidine rings is 1. The number of nitrogens with zero attached hydrogens (tertiary/aromatic N) is 1. The van der Waals surface area contributed by atoms with E-state index in [0.717, 1.165) is 5.56 Å². The summed E-state index contributed by atoms with van der Waals surface area (Å²) in [5.74, 6) is 1.75. The van der Waals surface area contributed by atoms with Gasteiger partial charge in [-0.2, -0.15) is 0 Å². The van der Waals surface area contributed by atoms with Crippen LogP contribution in [-0.4, -0.2) is 49.2 Å². The minimum Gasteiger partial charge on any atom is -0.484 e. The van der Waals surface area contributed by atoms with Crippen LogP contribution in [0, 0.1) is 6.92 Å². The van der Waals surface area contributed by atoms with Crippen molar-refractivity contribution in [2.75, 3.05) is 26.5 Å². The van der Waals surface area contributed by atoms with Crippen molar-refractivity contribution in [3.8, 4) is 17.2 Å². The van der Waals surface area contributed by atoms with Crippen LogP contribution in [0.25, 0.3) is 0 Å². The Morgan fingerprint density at radius 2 is 1.79 bits per heavy atom. The summed E-state index contributed by atoms with van der Waals surface area (Å²) in [6, 6.07) is 12.8. The van der Waals surface area contributed by atoms with Gasteiger partial charge in [-0.05, 0) is 50.1 Å². The predicted molar refractivity (Wildman–Crippen MR) is 106 cm³/mol. The van der Waals surface area contributed by atoms with Crippen molar-refractivity contribution in [2.24, 2.45) is 0 Å². The summed E-state index contributed by atoms with van der Waals surface area (Å²) >= 11 is 0. The molecule has 0 spiro atoms. The molecule has 2 aromatic rings. The number of likely N-dealkylation sites (tertiary alicyclic amines) is 1. The summed E-state index contributed by atoms with van der Waals surface area (Å²) in [6.07, 6.45) is 1.43. The summed E-state index contributed by atoms with van der Waals surface area (Å²) in [5, 5.41) is 3.04. The van der Waals surface area contributed by atoms with Crippen LogP contribution in [0.4, 0.5) is 0 Å². The molecule has 7 nitrogen and oxygen atoms in total. The van der Waals surface area contributed by atoms with E-state index in [1.54, 1.807) is 23.1 Å². The molecule has 0 aliphatic carbocycles. The van der Waals surface area contributed by atoms with Crippen molar-refractivity contribution in [1.82, 2.24) is 10.2 Å². The standard InChI is InChI=1S/C22H24N2O5/c1-15-2-5-18(6-3-15)27-13-21(25)24-10-8-17(9-11-24)23-22(26)16-4-7-19-20(12-16)29-14-28-19/h2-7,12,17H,8-11,13-14H2,1H3,(H,23,26). The molecule has 0 aromatic heterocycles. The highest BCUT2D eigenvalue weighted by Gasteiger charge is 2.25. The van der Waals surface area contributed by atoms with E-state index in [0.29, 0.717) is 48.7 Å². The van der Waals surface area contributed by atoms with Crippen molar-refractivity contribution in [3.63, 3.8) is 0 Å². The van der Waals surface area contributed by atoms with Crippen molar-refractivity contribution in [2.45, 2.75) is 25.8 Å². The third-order valence-electron chi connectivity index (χ3n) is 5.20. The fourth-order valence-electron chi connectivity index (χ4n) is 3.45. The maximum Gasteiger partial charge on any atom is 0.260 e. The molecule has 0 bridgehead atoms. The summed E-state index contributed by atoms with van der Waals surface area (Å²) in [6.45, 7) is 3.41. The number of amides is 2. The molecule has 1 saturated heterocycles. The van der Waals surface area contributed by atoms with Crippen LogP contribution in [0.2, 0.25) is 0 Å². The lowest BCUT2D eigenvalue weighted by molar-refractivity contribution is -0.134. The molecule has 0 radical (unpaired) electrons. The fourth-order valence-corrected chi connectivity index (χ4v) is 3.45. The molecule has 2 amide bonds. The third-order valence-corrected chi connectivity index (χ3v) is 5.20. The van der Waals surface area contributed by atoms with Crippen LogP contribution in [0.3, 0.4) is 0 Å². The second-order valence-electron chi connectivity index (χ2n) is 7.30. The molecule has 2 aliphatic rings. The summed E-state index contributed by atoms with van der Waals surface area (Å²) in [7, 11) is 0. The average Bonchev–Trinajstić information content (AvgIpc) is 3.21. The van der Waals surface area contributed by atoms with E-state index >= 15 is 0 Å². The monoisotopic (exact) mass is 396 g/mol. The van der Waals surface area contributed by atoms with E-state index in [2.05, 4.69) is 5.32 Å². The van der Waals surface area contributed by atoms with Crippen LogP contribution in [0.5, 0.6) is 17.2 Å². The summed E-state index contributed by atoms with van der Waals surface area (Å²) < 4.78 is 16.2. The summed E-state index contributed by atoms with van der Waals surface area (Å²) in [4.78, 5) is 26.7. The van der Waals surface area contributed by atoms with Gasteiger partial charge in [0.05, 0.1) is 0 Å². The number of fused-ring (bicyclic) bond motifs is 1. The molecule has 0 saturated carbocycles. The van der Waals surface area contributed by atoms with Crippen molar-refractivity contribution in [3.05, 3.63) is 53.6 Å². The molecule has 0 atom stereocenters. The maximum absolute atomic E-state index is 12.5. The number of rotatable bonds is 5. The Morgan fingerprint density at radius 3 is 2.55 bits per heavy atom. The van der Waals surface area contributed by atoms with E-state index in [9.17, 15) is 9.59 Å². The molecule has 0 unspecified atom stereocenters. The SMILES string of the molecule is Cc1ccc(OCC(=O)N2CCC(NC(=O)c3ccc4c(c3)OCO4)CC2)cc1. The number of carbonyl (C=O) groups is 2. The third kappa shape index (κ3) is 4.62. The lowest BCUT2D eigenvalue weighted by Gasteiger charge is -2.32. The predicted octanol–water partition coefficient (Wildman–Crippen LogP) is 2.52. The van der Waals surface area contributed by atoms with Gasteiger partial charge in [-0.15, -0.1) is 0 Å². The number of nitrogens with one attached hydrogen (secondary N) is 1. The molecular formula is C22H24N2O5. The Bertz CT molecular complexity index is 889. The normalized spacial score (nSPS) is 15.8. The zero-order valence-electron chi connectivity index (χ0n) is 16.3. The Morgan fingerprint density at radius 1 is 1.07 bits per heavy atom. The van der Waals surface area contributed by atoms with E-state index in [1.165, 1.54) is 0 Å². The number of ether oxygens (including phenoxy) is 3. The highest BCUT2D eigenvalue weighted by Crippen LogP contribution is 2.32. The molecule has 29 heavy (non-hydrogen) atoms. The molecule has 2 aromatic carbocycles. The smallest absolute Gasteiger partial charge is 0.260 e. The zero-order valence-corrected chi connectivity index (χ0v) is 16.3. The first kappa shape index (κ1) is 19.1. The van der Waals surface area contributed by atoms with E-state index < -0.39 is 0 Å². The van der Waals surface area contributed by atoms with Gasteiger partial charge in [0, 0.05) is 24.7 Å². The Kier molecular flexibility index (Phi) is 5.55. The van der Waals surface area contributed by atoms with Gasteiger partial charge in [0.15, 0.2) is 18.1 Å². The Hall–Kier alpha value is -3.22. The number of hydrogen-bond donors (Lipinski definition) is 1. The van der Waals surface area contributed by atoms with Crippen molar-refractivity contribution in [1.29, 1.82) is 0 Å². The zero-order chi connectivity index (χ0) is 20.2. The van der Waals surface area contributed by atoms with Crippen LogP contribution in [-0.2, 0) is 4.79 Å². The van der Waals surface area contributed by atoms with Gasteiger partial charge >= 0.3 is 0 Å². The van der Waals surface area contributed by atoms with Gasteiger partial charge in [0.1, 0.15) is 5.75 Å². The minimum atomic E-state index is -0.143. The van der Waals surface area contributed by atoms with Gasteiger partial charge in [0.25, 0.3) is 11.8 Å². The van der Waals surface area contributed by atoms with Gasteiger partial charge in [-0.1, -0.05) is 17.7 Å². The second-order valence-corrected chi connectivity index (χ2v) is 7.30. The molecule has 2 aliphatic heterocycles. The molecular weight excluding hydrogens is 372 g/mol. The van der Waals surface area contributed by atoms with E-state index in [1.807, 2.05) is 31.2 Å². The number of benzene rings is 2. The van der Waals surface area contributed by atoms with Gasteiger partial charge in [-0.25, -0.2) is 0 Å². The minimum absolute atomic E-state index is 0.0251. The van der Waals surface area contributed by atoms with Crippen molar-refractivity contribution >= 4 is 11.8 Å². The first-order valence-corrected chi connectivity index (χ1v) is 9.76.